The average molecular weight is 565 g/mol. The van der Waals surface area contributed by atoms with Gasteiger partial charge in [-0.1, -0.05) is 72.8 Å². The van der Waals surface area contributed by atoms with Crippen LogP contribution in [0.15, 0.2) is 103 Å². The van der Waals surface area contributed by atoms with Crippen LogP contribution in [0.2, 0.25) is 0 Å². The molecular weight excluding hydrogens is 537 g/mol. The summed E-state index contributed by atoms with van der Waals surface area (Å²) in [5.41, 5.74) is 5.82. The fraction of sp³-hybridized carbons (Fsp3) is 0.129. The summed E-state index contributed by atoms with van der Waals surface area (Å²) in [4.78, 5) is 34.8. The number of amides is 2. The summed E-state index contributed by atoms with van der Waals surface area (Å²) in [6.07, 6.45) is -5.51. The van der Waals surface area contributed by atoms with E-state index in [9.17, 15) is 22.8 Å². The Balaban J connectivity index is 0.000000587. The van der Waals surface area contributed by atoms with E-state index in [1.807, 2.05) is 54.6 Å². The lowest BCUT2D eigenvalue weighted by Crippen LogP contribution is -2.29. The molecule has 0 aliphatic heterocycles. The van der Waals surface area contributed by atoms with E-state index >= 15 is 0 Å². The molecule has 0 heterocycles. The molecule has 4 aromatic rings. The maximum absolute atomic E-state index is 12.6. The quantitative estimate of drug-likeness (QED) is 0.274. The van der Waals surface area contributed by atoms with Gasteiger partial charge in [0.05, 0.1) is 0 Å². The van der Waals surface area contributed by atoms with Crippen molar-refractivity contribution in [3.63, 3.8) is 0 Å². The number of carbonyl (C=O) groups excluding carboxylic acids is 2. The van der Waals surface area contributed by atoms with Crippen LogP contribution >= 0.6 is 0 Å². The van der Waals surface area contributed by atoms with Gasteiger partial charge >= 0.3 is 18.2 Å². The molecule has 0 aliphatic carbocycles. The fourth-order valence-electron chi connectivity index (χ4n) is 3.67. The smallest absolute Gasteiger partial charge is 0.475 e. The highest BCUT2D eigenvalue weighted by Crippen LogP contribution is 2.24. The second-order valence-corrected chi connectivity index (χ2v) is 8.77. The Hall–Kier alpha value is -5.12. The Morgan fingerprint density at radius 1 is 0.780 bits per heavy atom. The summed E-state index contributed by atoms with van der Waals surface area (Å²) in [6.45, 7) is 0.440. The number of nitrogens with one attached hydrogen (secondary N) is 1. The fourth-order valence-corrected chi connectivity index (χ4v) is 3.67. The normalized spacial score (nSPS) is 10.6. The molecule has 0 aliphatic rings. The lowest BCUT2D eigenvalue weighted by atomic mass is 10.0. The molecule has 0 fully saturated rings. The number of hydrogen-bond donors (Lipinski definition) is 2. The summed E-state index contributed by atoms with van der Waals surface area (Å²) in [5.74, 6) is -2.40. The first kappa shape index (κ1) is 30.4. The number of rotatable bonds is 6. The van der Waals surface area contributed by atoms with Crippen molar-refractivity contribution in [3.05, 3.63) is 114 Å². The number of carbonyl (C=O) groups is 3. The number of aliphatic carboxylic acids is 1. The standard InChI is InChI=1S/C29H26N2O3.C2HF3O2/c1-30-28(32)25-13-11-23(12-14-25)24-15-17-27(18-16-24)34-29(33)31(2)20-21-7-6-10-26(19-21)22-8-4-3-5-9-22;3-2(4,5)1(6)7/h3-19H,20H2,1-2H3,(H,30,32);(H,6,7). The Bertz CT molecular complexity index is 1470. The summed E-state index contributed by atoms with van der Waals surface area (Å²) in [7, 11) is 3.33. The van der Waals surface area contributed by atoms with Crippen molar-refractivity contribution in [1.29, 1.82) is 0 Å². The number of ether oxygens (including phenoxy) is 1. The van der Waals surface area contributed by atoms with Crippen LogP contribution in [0, 0.1) is 0 Å². The molecule has 41 heavy (non-hydrogen) atoms. The number of nitrogens with zero attached hydrogens (tertiary/aromatic N) is 1. The van der Waals surface area contributed by atoms with E-state index in [2.05, 4.69) is 29.6 Å². The van der Waals surface area contributed by atoms with Crippen LogP contribution in [0.3, 0.4) is 0 Å². The molecule has 4 aromatic carbocycles. The Morgan fingerprint density at radius 2 is 1.29 bits per heavy atom. The number of benzene rings is 4. The summed E-state index contributed by atoms with van der Waals surface area (Å²) < 4.78 is 37.3. The molecule has 0 radical (unpaired) electrons. The minimum Gasteiger partial charge on any atom is -0.475 e. The lowest BCUT2D eigenvalue weighted by molar-refractivity contribution is -0.192. The van der Waals surface area contributed by atoms with Crippen LogP contribution in [-0.2, 0) is 11.3 Å². The topological polar surface area (TPSA) is 95.9 Å². The van der Waals surface area contributed by atoms with E-state index in [4.69, 9.17) is 14.6 Å². The van der Waals surface area contributed by atoms with Gasteiger partial charge < -0.3 is 20.1 Å². The molecule has 0 aromatic heterocycles. The van der Waals surface area contributed by atoms with Gasteiger partial charge in [0.25, 0.3) is 5.91 Å². The van der Waals surface area contributed by atoms with E-state index in [1.165, 1.54) is 0 Å². The van der Waals surface area contributed by atoms with E-state index < -0.39 is 18.2 Å². The maximum Gasteiger partial charge on any atom is 0.490 e. The number of carboxylic acid groups (broad SMARTS) is 1. The molecule has 212 valence electrons. The molecule has 0 saturated carbocycles. The van der Waals surface area contributed by atoms with Crippen molar-refractivity contribution in [2.45, 2.75) is 12.7 Å². The molecule has 0 unspecified atom stereocenters. The maximum atomic E-state index is 12.6. The molecule has 10 heteroatoms. The molecule has 4 rings (SSSR count). The first-order valence-corrected chi connectivity index (χ1v) is 12.3. The van der Waals surface area contributed by atoms with E-state index in [1.54, 1.807) is 43.3 Å². The number of halogens is 3. The van der Waals surface area contributed by atoms with Crippen molar-refractivity contribution in [1.82, 2.24) is 10.2 Å². The lowest BCUT2D eigenvalue weighted by Gasteiger charge is -2.17. The summed E-state index contributed by atoms with van der Waals surface area (Å²) in [5, 5.41) is 9.73. The largest absolute Gasteiger partial charge is 0.490 e. The average Bonchev–Trinajstić information content (AvgIpc) is 2.97. The van der Waals surface area contributed by atoms with E-state index in [0.29, 0.717) is 17.9 Å². The highest BCUT2D eigenvalue weighted by Gasteiger charge is 2.38. The van der Waals surface area contributed by atoms with Crippen molar-refractivity contribution in [2.24, 2.45) is 0 Å². The Kier molecular flexibility index (Phi) is 10.2. The minimum atomic E-state index is -5.08. The van der Waals surface area contributed by atoms with Gasteiger partial charge in [-0.15, -0.1) is 0 Å². The molecule has 7 nitrogen and oxygen atoms in total. The van der Waals surface area contributed by atoms with Crippen molar-refractivity contribution >= 4 is 18.0 Å². The van der Waals surface area contributed by atoms with Gasteiger partial charge in [-0.3, -0.25) is 4.79 Å². The van der Waals surface area contributed by atoms with E-state index in [-0.39, 0.29) is 5.91 Å². The van der Waals surface area contributed by atoms with Gasteiger partial charge in [0.1, 0.15) is 5.75 Å². The summed E-state index contributed by atoms with van der Waals surface area (Å²) >= 11 is 0. The van der Waals surface area contributed by atoms with Gasteiger partial charge in [-0.25, -0.2) is 9.59 Å². The first-order chi connectivity index (χ1) is 19.5. The molecule has 0 bridgehead atoms. The number of carboxylic acids is 1. The van der Waals surface area contributed by atoms with Crippen LogP contribution in [0.25, 0.3) is 22.3 Å². The molecule has 0 spiro atoms. The zero-order valence-electron chi connectivity index (χ0n) is 22.2. The zero-order chi connectivity index (χ0) is 30.0. The Morgan fingerprint density at radius 3 is 1.83 bits per heavy atom. The van der Waals surface area contributed by atoms with Crippen LogP contribution in [-0.4, -0.2) is 48.2 Å². The van der Waals surface area contributed by atoms with Crippen LogP contribution < -0.4 is 10.1 Å². The Labute approximate surface area is 234 Å². The van der Waals surface area contributed by atoms with Crippen LogP contribution in [0.1, 0.15) is 15.9 Å². The monoisotopic (exact) mass is 564 g/mol. The third-order valence-electron chi connectivity index (χ3n) is 5.77. The SMILES string of the molecule is CNC(=O)c1ccc(-c2ccc(OC(=O)N(C)Cc3cccc(-c4ccccc4)c3)cc2)cc1.O=C(O)C(F)(F)F. The van der Waals surface area contributed by atoms with Gasteiger partial charge in [-0.05, 0) is 58.1 Å². The molecule has 0 atom stereocenters. The highest BCUT2D eigenvalue weighted by atomic mass is 19.4. The molecule has 2 amide bonds. The third-order valence-corrected chi connectivity index (χ3v) is 5.77. The molecule has 2 N–H and O–H groups in total. The molecular formula is C31H27F3N2O5. The summed E-state index contributed by atoms with van der Waals surface area (Å²) in [6, 6.07) is 33.0. The molecule has 0 saturated heterocycles. The van der Waals surface area contributed by atoms with Crippen molar-refractivity contribution in [3.8, 4) is 28.0 Å². The highest BCUT2D eigenvalue weighted by molar-refractivity contribution is 5.94. The zero-order valence-corrected chi connectivity index (χ0v) is 22.2. The van der Waals surface area contributed by atoms with Gasteiger partial charge in [0.15, 0.2) is 0 Å². The van der Waals surface area contributed by atoms with Crippen LogP contribution in [0.5, 0.6) is 5.75 Å². The second kappa shape index (κ2) is 13.8. The number of alkyl halides is 3. The third kappa shape index (κ3) is 8.96. The number of hydrogen-bond acceptors (Lipinski definition) is 4. The van der Waals surface area contributed by atoms with E-state index in [0.717, 1.165) is 27.8 Å². The second-order valence-electron chi connectivity index (χ2n) is 8.77. The minimum absolute atomic E-state index is 0.121. The van der Waals surface area contributed by atoms with Crippen molar-refractivity contribution < 1.29 is 37.4 Å². The van der Waals surface area contributed by atoms with Crippen LogP contribution in [0.4, 0.5) is 18.0 Å². The predicted octanol–water partition coefficient (Wildman–Crippen LogP) is 6.64. The predicted molar refractivity (Wildman–Crippen MR) is 148 cm³/mol. The van der Waals surface area contributed by atoms with Crippen molar-refractivity contribution in [2.75, 3.05) is 14.1 Å². The first-order valence-electron chi connectivity index (χ1n) is 12.3. The van der Waals surface area contributed by atoms with Gasteiger partial charge in [-0.2, -0.15) is 13.2 Å². The van der Waals surface area contributed by atoms with Gasteiger partial charge in [0.2, 0.25) is 0 Å². The van der Waals surface area contributed by atoms with Gasteiger partial charge in [0, 0.05) is 26.2 Å².